The van der Waals surface area contributed by atoms with Crippen molar-refractivity contribution in [2.45, 2.75) is 32.2 Å². The summed E-state index contributed by atoms with van der Waals surface area (Å²) in [7, 11) is 3.81. The first-order valence-electron chi connectivity index (χ1n) is 11.0. The molecular weight excluding hydrogens is 445 g/mol. The Morgan fingerprint density at radius 3 is 2.41 bits per heavy atom. The second kappa shape index (κ2) is 11.3. The zero-order valence-corrected chi connectivity index (χ0v) is 19.5. The summed E-state index contributed by atoms with van der Waals surface area (Å²) in [6, 6.07) is 14.8. The predicted molar refractivity (Wildman–Crippen MR) is 123 cm³/mol. The number of oxazole rings is 1. The molecule has 0 aliphatic rings. The number of benzene rings is 2. The molecule has 1 unspecified atom stereocenters. The van der Waals surface area contributed by atoms with E-state index in [2.05, 4.69) is 10.3 Å². The van der Waals surface area contributed by atoms with E-state index in [-0.39, 0.29) is 42.2 Å². The molecule has 9 heteroatoms. The second-order valence-electron chi connectivity index (χ2n) is 8.33. The van der Waals surface area contributed by atoms with E-state index in [4.69, 9.17) is 4.42 Å². The van der Waals surface area contributed by atoms with Crippen molar-refractivity contribution in [1.29, 1.82) is 0 Å². The number of nitrogens with zero attached hydrogens (tertiary/aromatic N) is 3. The van der Waals surface area contributed by atoms with Gasteiger partial charge >= 0.3 is 6.18 Å². The van der Waals surface area contributed by atoms with Crippen LogP contribution in [0.4, 0.5) is 13.2 Å². The van der Waals surface area contributed by atoms with E-state index in [0.717, 1.165) is 11.6 Å². The minimum absolute atomic E-state index is 0.0263. The van der Waals surface area contributed by atoms with Gasteiger partial charge in [0.1, 0.15) is 6.26 Å². The molecular formula is C25H29F3N4O2. The van der Waals surface area contributed by atoms with Crippen LogP contribution in [0.15, 0.2) is 65.3 Å². The first kappa shape index (κ1) is 25.5. The van der Waals surface area contributed by atoms with Crippen LogP contribution < -0.4 is 5.32 Å². The minimum Gasteiger partial charge on any atom is -0.447 e. The largest absolute Gasteiger partial charge is 0.447 e. The third kappa shape index (κ3) is 6.91. The van der Waals surface area contributed by atoms with Crippen LogP contribution in [0.2, 0.25) is 0 Å². The fourth-order valence-corrected chi connectivity index (χ4v) is 3.57. The summed E-state index contributed by atoms with van der Waals surface area (Å²) in [6.45, 7) is 3.21. The van der Waals surface area contributed by atoms with Crippen molar-refractivity contribution in [1.82, 2.24) is 20.1 Å². The maximum Gasteiger partial charge on any atom is 0.416 e. The van der Waals surface area contributed by atoms with E-state index in [1.165, 1.54) is 18.4 Å². The van der Waals surface area contributed by atoms with E-state index in [9.17, 15) is 18.0 Å². The molecule has 3 rings (SSSR count). The van der Waals surface area contributed by atoms with Gasteiger partial charge in [0.15, 0.2) is 5.69 Å². The third-order valence-electron chi connectivity index (χ3n) is 5.49. The van der Waals surface area contributed by atoms with Gasteiger partial charge in [0.25, 0.3) is 5.91 Å². The lowest BCUT2D eigenvalue weighted by Gasteiger charge is -2.29. The maximum atomic E-state index is 13.6. The summed E-state index contributed by atoms with van der Waals surface area (Å²) in [5.74, 6) is -0.105. The number of rotatable bonds is 10. The number of halogens is 3. The molecule has 0 bridgehead atoms. The molecule has 1 aromatic heterocycles. The van der Waals surface area contributed by atoms with Crippen molar-refractivity contribution < 1.29 is 22.4 Å². The van der Waals surface area contributed by atoms with E-state index in [1.54, 1.807) is 6.07 Å². The third-order valence-corrected chi connectivity index (χ3v) is 5.49. The lowest BCUT2D eigenvalue weighted by atomic mass is 10.0. The molecule has 0 spiro atoms. The highest BCUT2D eigenvalue weighted by Crippen LogP contribution is 2.34. The SMILES string of the molecule is CC(c1ccccc1)N(Cc1nc(C(=O)NCCN(C)C)co1)Cc1ccccc1C(F)(F)F. The zero-order chi connectivity index (χ0) is 24.7. The van der Waals surface area contributed by atoms with Crippen LogP contribution in [0.5, 0.6) is 0 Å². The Balaban J connectivity index is 1.82. The smallest absolute Gasteiger partial charge is 0.416 e. The summed E-state index contributed by atoms with van der Waals surface area (Å²) >= 11 is 0. The van der Waals surface area contributed by atoms with Gasteiger partial charge < -0.3 is 14.6 Å². The Morgan fingerprint density at radius 2 is 1.74 bits per heavy atom. The van der Waals surface area contributed by atoms with Crippen molar-refractivity contribution in [3.8, 4) is 0 Å². The van der Waals surface area contributed by atoms with Gasteiger partial charge in [-0.15, -0.1) is 0 Å². The zero-order valence-electron chi connectivity index (χ0n) is 19.5. The van der Waals surface area contributed by atoms with Crippen LogP contribution in [-0.4, -0.2) is 47.9 Å². The molecule has 0 aliphatic heterocycles. The van der Waals surface area contributed by atoms with Gasteiger partial charge in [-0.25, -0.2) is 4.98 Å². The van der Waals surface area contributed by atoms with Gasteiger partial charge in [0.05, 0.1) is 12.1 Å². The molecule has 34 heavy (non-hydrogen) atoms. The molecule has 1 N–H and O–H groups in total. The fraction of sp³-hybridized carbons (Fsp3) is 0.360. The van der Waals surface area contributed by atoms with E-state index < -0.39 is 11.7 Å². The molecule has 182 valence electrons. The molecule has 6 nitrogen and oxygen atoms in total. The molecule has 1 heterocycles. The van der Waals surface area contributed by atoms with Gasteiger partial charge in [0.2, 0.25) is 5.89 Å². The van der Waals surface area contributed by atoms with Gasteiger partial charge in [-0.3, -0.25) is 9.69 Å². The summed E-state index contributed by atoms with van der Waals surface area (Å²) in [4.78, 5) is 20.4. The van der Waals surface area contributed by atoms with Crippen LogP contribution in [-0.2, 0) is 19.3 Å². The summed E-state index contributed by atoms with van der Waals surface area (Å²) in [5, 5.41) is 2.77. The molecule has 1 amide bonds. The average molecular weight is 475 g/mol. The molecule has 0 fully saturated rings. The first-order valence-corrected chi connectivity index (χ1v) is 11.0. The quantitative estimate of drug-likeness (QED) is 0.460. The number of carbonyl (C=O) groups is 1. The maximum absolute atomic E-state index is 13.6. The second-order valence-corrected chi connectivity index (χ2v) is 8.33. The summed E-state index contributed by atoms with van der Waals surface area (Å²) < 4.78 is 46.3. The molecule has 0 saturated carbocycles. The Labute approximate surface area is 197 Å². The molecule has 0 radical (unpaired) electrons. The van der Waals surface area contributed by atoms with Crippen molar-refractivity contribution >= 4 is 5.91 Å². The van der Waals surface area contributed by atoms with Crippen molar-refractivity contribution in [2.24, 2.45) is 0 Å². The van der Waals surface area contributed by atoms with Crippen LogP contribution >= 0.6 is 0 Å². The van der Waals surface area contributed by atoms with Gasteiger partial charge in [0, 0.05) is 25.7 Å². The van der Waals surface area contributed by atoms with E-state index in [1.807, 2.05) is 61.2 Å². The predicted octanol–water partition coefficient (Wildman–Crippen LogP) is 4.75. The van der Waals surface area contributed by atoms with E-state index in [0.29, 0.717) is 13.1 Å². The average Bonchev–Trinajstić information content (AvgIpc) is 3.27. The van der Waals surface area contributed by atoms with Crippen molar-refractivity contribution in [2.75, 3.05) is 27.2 Å². The number of hydrogen-bond acceptors (Lipinski definition) is 5. The number of alkyl halides is 3. The Hall–Kier alpha value is -3.17. The Kier molecular flexibility index (Phi) is 8.46. The first-order chi connectivity index (χ1) is 16.1. The summed E-state index contributed by atoms with van der Waals surface area (Å²) in [5.41, 5.74) is 0.566. The Bertz CT molecular complexity index is 1070. The highest BCUT2D eigenvalue weighted by Gasteiger charge is 2.34. The number of nitrogens with one attached hydrogen (secondary N) is 1. The standard InChI is InChI=1S/C25H29F3N4O2/c1-18(19-9-5-4-6-10-19)32(15-20-11-7-8-12-21(20)25(26,27)28)16-23-30-22(17-34-23)24(33)29-13-14-31(2)3/h4-12,17-18H,13-16H2,1-3H3,(H,29,33). The number of likely N-dealkylation sites (N-methyl/N-ethyl adjacent to an activating group) is 1. The fourth-order valence-electron chi connectivity index (χ4n) is 3.57. The topological polar surface area (TPSA) is 61.6 Å². The normalized spacial score (nSPS) is 12.8. The van der Waals surface area contributed by atoms with Crippen LogP contribution in [0.3, 0.4) is 0 Å². The van der Waals surface area contributed by atoms with Crippen LogP contribution in [0.1, 0.15) is 46.0 Å². The molecule has 0 aliphatic carbocycles. The van der Waals surface area contributed by atoms with Crippen molar-refractivity contribution in [3.05, 3.63) is 89.1 Å². The van der Waals surface area contributed by atoms with Crippen LogP contribution in [0, 0.1) is 0 Å². The molecule has 2 aromatic carbocycles. The molecule has 1 atom stereocenters. The number of amides is 1. The number of aromatic nitrogens is 1. The minimum atomic E-state index is -4.46. The van der Waals surface area contributed by atoms with Gasteiger partial charge in [-0.05, 0) is 38.2 Å². The number of carbonyl (C=O) groups excluding carboxylic acids is 1. The summed E-state index contributed by atoms with van der Waals surface area (Å²) in [6.07, 6.45) is -3.19. The molecule has 3 aromatic rings. The highest BCUT2D eigenvalue weighted by molar-refractivity contribution is 5.91. The molecule has 0 saturated heterocycles. The monoisotopic (exact) mass is 474 g/mol. The Morgan fingerprint density at radius 1 is 1.06 bits per heavy atom. The number of hydrogen-bond donors (Lipinski definition) is 1. The van der Waals surface area contributed by atoms with Crippen LogP contribution in [0.25, 0.3) is 0 Å². The van der Waals surface area contributed by atoms with E-state index >= 15 is 0 Å². The van der Waals surface area contributed by atoms with Gasteiger partial charge in [-0.2, -0.15) is 13.2 Å². The van der Waals surface area contributed by atoms with Gasteiger partial charge in [-0.1, -0.05) is 48.5 Å². The lowest BCUT2D eigenvalue weighted by molar-refractivity contribution is -0.138. The lowest BCUT2D eigenvalue weighted by Crippen LogP contribution is -2.31. The van der Waals surface area contributed by atoms with Crippen molar-refractivity contribution in [3.63, 3.8) is 0 Å². The highest BCUT2D eigenvalue weighted by atomic mass is 19.4.